The van der Waals surface area contributed by atoms with Crippen molar-refractivity contribution in [3.8, 4) is 0 Å². The number of ketones is 1. The van der Waals surface area contributed by atoms with Gasteiger partial charge in [-0.15, -0.1) is 6.58 Å². The van der Waals surface area contributed by atoms with E-state index < -0.39 is 17.7 Å². The van der Waals surface area contributed by atoms with Gasteiger partial charge in [0, 0.05) is 6.54 Å². The van der Waals surface area contributed by atoms with Crippen molar-refractivity contribution in [3.05, 3.63) is 12.7 Å². The van der Waals surface area contributed by atoms with E-state index in [9.17, 15) is 14.4 Å². The lowest BCUT2D eigenvalue weighted by Crippen LogP contribution is -2.51. The molecule has 0 aliphatic carbocycles. The van der Waals surface area contributed by atoms with Gasteiger partial charge >= 0.3 is 0 Å². The van der Waals surface area contributed by atoms with Gasteiger partial charge in [0.05, 0.1) is 12.1 Å². The third-order valence-corrected chi connectivity index (χ3v) is 3.66. The second-order valence-electron chi connectivity index (χ2n) is 5.35. The van der Waals surface area contributed by atoms with Crippen molar-refractivity contribution >= 4 is 17.6 Å². The van der Waals surface area contributed by atoms with Gasteiger partial charge < -0.3 is 10.6 Å². The molecular formula is C15H25N3O3. The molecule has 0 aromatic carbocycles. The van der Waals surface area contributed by atoms with E-state index in [1.165, 1.54) is 6.08 Å². The number of Topliss-reactive ketones (excluding diaryl/α,β-unsaturated/α-hetero) is 1. The Morgan fingerprint density at radius 2 is 2.14 bits per heavy atom. The molecule has 0 saturated carbocycles. The highest BCUT2D eigenvalue weighted by molar-refractivity contribution is 6.38. The van der Waals surface area contributed by atoms with Gasteiger partial charge in [-0.2, -0.15) is 0 Å². The maximum Gasteiger partial charge on any atom is 0.289 e. The molecule has 0 aromatic rings. The molecule has 21 heavy (non-hydrogen) atoms. The first-order valence-electron chi connectivity index (χ1n) is 7.44. The van der Waals surface area contributed by atoms with Crippen LogP contribution in [0, 0.1) is 0 Å². The first-order valence-corrected chi connectivity index (χ1v) is 7.44. The number of hydrogen-bond donors (Lipinski definition) is 2. The van der Waals surface area contributed by atoms with Crippen molar-refractivity contribution in [2.45, 2.75) is 44.7 Å². The van der Waals surface area contributed by atoms with Crippen LogP contribution in [0.25, 0.3) is 0 Å². The Labute approximate surface area is 125 Å². The van der Waals surface area contributed by atoms with Gasteiger partial charge in [0.25, 0.3) is 5.91 Å². The lowest BCUT2D eigenvalue weighted by Gasteiger charge is -2.22. The lowest BCUT2D eigenvalue weighted by atomic mass is 10.1. The van der Waals surface area contributed by atoms with E-state index in [-0.39, 0.29) is 18.5 Å². The van der Waals surface area contributed by atoms with E-state index in [2.05, 4.69) is 17.2 Å². The number of hydrogen-bond acceptors (Lipinski definition) is 4. The summed E-state index contributed by atoms with van der Waals surface area (Å²) in [7, 11) is 1.89. The number of rotatable bonds is 8. The number of nitrogens with one attached hydrogen (secondary N) is 2. The Bertz CT molecular complexity index is 409. The molecule has 0 spiro atoms. The summed E-state index contributed by atoms with van der Waals surface area (Å²) >= 11 is 0. The van der Waals surface area contributed by atoms with Crippen molar-refractivity contribution in [2.75, 3.05) is 20.1 Å². The van der Waals surface area contributed by atoms with Crippen molar-refractivity contribution in [3.63, 3.8) is 0 Å². The average molecular weight is 295 g/mol. The van der Waals surface area contributed by atoms with Crippen LogP contribution in [0.3, 0.4) is 0 Å². The lowest BCUT2D eigenvalue weighted by molar-refractivity contribution is -0.140. The molecule has 1 unspecified atom stereocenters. The summed E-state index contributed by atoms with van der Waals surface area (Å²) in [5.41, 5.74) is 0. The van der Waals surface area contributed by atoms with E-state index in [0.717, 1.165) is 19.4 Å². The summed E-state index contributed by atoms with van der Waals surface area (Å²) in [6, 6.07) is -0.949. The van der Waals surface area contributed by atoms with Crippen LogP contribution in [0.4, 0.5) is 0 Å². The second kappa shape index (κ2) is 8.56. The summed E-state index contributed by atoms with van der Waals surface area (Å²) in [6.07, 6.45) is 4.44. The largest absolute Gasteiger partial charge is 0.346 e. The van der Waals surface area contributed by atoms with Crippen molar-refractivity contribution in [2.24, 2.45) is 0 Å². The number of nitrogens with zero attached hydrogens (tertiary/aromatic N) is 1. The monoisotopic (exact) mass is 295 g/mol. The zero-order chi connectivity index (χ0) is 15.8. The number of amides is 2. The Kier molecular flexibility index (Phi) is 7.08. The molecule has 0 bridgehead atoms. The Morgan fingerprint density at radius 3 is 2.67 bits per heavy atom. The third kappa shape index (κ3) is 4.97. The Balaban J connectivity index is 2.63. The van der Waals surface area contributed by atoms with Crippen LogP contribution in [0.15, 0.2) is 12.7 Å². The van der Waals surface area contributed by atoms with Gasteiger partial charge in [-0.3, -0.25) is 19.3 Å². The predicted octanol–water partition coefficient (Wildman–Crippen LogP) is 0.237. The Hall–Kier alpha value is -1.69. The van der Waals surface area contributed by atoms with E-state index in [4.69, 9.17) is 0 Å². The smallest absolute Gasteiger partial charge is 0.289 e. The van der Waals surface area contributed by atoms with Crippen molar-refractivity contribution < 1.29 is 14.4 Å². The van der Waals surface area contributed by atoms with Crippen LogP contribution >= 0.6 is 0 Å². The van der Waals surface area contributed by atoms with Crippen LogP contribution in [-0.4, -0.2) is 54.7 Å². The maximum absolute atomic E-state index is 12.2. The maximum atomic E-state index is 12.2. The minimum absolute atomic E-state index is 0.168. The van der Waals surface area contributed by atoms with E-state index in [1.54, 1.807) is 0 Å². The molecule has 1 aliphatic rings. The molecule has 0 aromatic heterocycles. The Morgan fingerprint density at radius 1 is 1.43 bits per heavy atom. The zero-order valence-corrected chi connectivity index (χ0v) is 12.9. The third-order valence-electron chi connectivity index (χ3n) is 3.66. The SMILES string of the molecule is C=CCNC(=O)C(=O)C(CCC)NC(=O)[C@@H]1CCCN1C. The van der Waals surface area contributed by atoms with E-state index in [1.807, 2.05) is 18.9 Å². The fraction of sp³-hybridized carbons (Fsp3) is 0.667. The average Bonchev–Trinajstić information content (AvgIpc) is 2.89. The minimum Gasteiger partial charge on any atom is -0.346 e. The first-order chi connectivity index (χ1) is 10.0. The fourth-order valence-electron chi connectivity index (χ4n) is 2.48. The van der Waals surface area contributed by atoms with E-state index >= 15 is 0 Å². The highest BCUT2D eigenvalue weighted by atomic mass is 16.2. The molecule has 1 rings (SSSR count). The molecule has 1 fully saturated rings. The summed E-state index contributed by atoms with van der Waals surface area (Å²) in [5, 5.41) is 5.18. The molecule has 0 radical (unpaired) electrons. The van der Waals surface area contributed by atoms with Crippen molar-refractivity contribution in [1.29, 1.82) is 0 Å². The molecule has 2 N–H and O–H groups in total. The van der Waals surface area contributed by atoms with Crippen LogP contribution in [0.1, 0.15) is 32.6 Å². The quantitative estimate of drug-likeness (QED) is 0.496. The first kappa shape index (κ1) is 17.4. The summed E-state index contributed by atoms with van der Waals surface area (Å²) in [5.74, 6) is -1.43. The minimum atomic E-state index is -0.749. The number of carbonyl (C=O) groups is 3. The number of likely N-dealkylation sites (tertiary alicyclic amines) is 1. The van der Waals surface area contributed by atoms with Crippen LogP contribution in [0.5, 0.6) is 0 Å². The van der Waals surface area contributed by atoms with Crippen LogP contribution < -0.4 is 10.6 Å². The predicted molar refractivity (Wildman–Crippen MR) is 80.7 cm³/mol. The molecular weight excluding hydrogens is 270 g/mol. The summed E-state index contributed by atoms with van der Waals surface area (Å²) < 4.78 is 0. The van der Waals surface area contributed by atoms with Crippen LogP contribution in [-0.2, 0) is 14.4 Å². The topological polar surface area (TPSA) is 78.5 Å². The van der Waals surface area contributed by atoms with Crippen LogP contribution in [0.2, 0.25) is 0 Å². The molecule has 1 heterocycles. The van der Waals surface area contributed by atoms with E-state index in [0.29, 0.717) is 12.8 Å². The van der Waals surface area contributed by atoms with Gasteiger partial charge in [0.15, 0.2) is 0 Å². The number of likely N-dealkylation sites (N-methyl/N-ethyl adjacent to an activating group) is 1. The molecule has 6 nitrogen and oxygen atoms in total. The highest BCUT2D eigenvalue weighted by Crippen LogP contribution is 2.15. The molecule has 1 aliphatic heterocycles. The second-order valence-corrected chi connectivity index (χ2v) is 5.35. The number of carbonyl (C=O) groups excluding carboxylic acids is 3. The fourth-order valence-corrected chi connectivity index (χ4v) is 2.48. The molecule has 6 heteroatoms. The van der Waals surface area contributed by atoms with Gasteiger partial charge in [-0.1, -0.05) is 19.4 Å². The summed E-state index contributed by atoms with van der Waals surface area (Å²) in [6.45, 7) is 6.51. The van der Waals surface area contributed by atoms with Crippen molar-refractivity contribution in [1.82, 2.24) is 15.5 Å². The van der Waals surface area contributed by atoms with Gasteiger partial charge in [0.1, 0.15) is 0 Å². The molecule has 118 valence electrons. The zero-order valence-electron chi connectivity index (χ0n) is 12.9. The molecule has 2 atom stereocenters. The highest BCUT2D eigenvalue weighted by Gasteiger charge is 2.32. The molecule has 1 saturated heterocycles. The van der Waals surface area contributed by atoms with Gasteiger partial charge in [-0.05, 0) is 32.9 Å². The normalized spacial score (nSPS) is 19.8. The molecule has 2 amide bonds. The standard InChI is InChI=1S/C15H25N3O3/c1-4-7-11(13(19)15(21)16-9-5-2)17-14(20)12-8-6-10-18(12)3/h5,11-12H,2,4,6-10H2,1,3H3,(H,16,21)(H,17,20)/t11?,12-/m0/s1. The summed E-state index contributed by atoms with van der Waals surface area (Å²) in [4.78, 5) is 38.0. The van der Waals surface area contributed by atoms with Gasteiger partial charge in [-0.25, -0.2) is 0 Å². The van der Waals surface area contributed by atoms with Gasteiger partial charge in [0.2, 0.25) is 11.7 Å².